The lowest BCUT2D eigenvalue weighted by molar-refractivity contribution is -0.385. The van der Waals surface area contributed by atoms with Crippen molar-refractivity contribution in [3.63, 3.8) is 0 Å². The fraction of sp³-hybridized carbons (Fsp3) is 0.286. The predicted octanol–water partition coefficient (Wildman–Crippen LogP) is 2.18. The van der Waals surface area contributed by atoms with Crippen LogP contribution in [0.2, 0.25) is 5.15 Å². The normalized spacial score (nSPS) is 12.3. The molecule has 12 heteroatoms. The van der Waals surface area contributed by atoms with Crippen LogP contribution < -0.4 is 4.18 Å². The second-order valence-electron chi connectivity index (χ2n) is 3.16. The van der Waals surface area contributed by atoms with Gasteiger partial charge in [0.05, 0.1) is 4.92 Å². The molecule has 19 heavy (non-hydrogen) atoms. The molecule has 0 fully saturated rings. The first kappa shape index (κ1) is 15.4. The van der Waals surface area contributed by atoms with E-state index in [1.807, 2.05) is 0 Å². The molecule has 0 saturated heterocycles. The van der Waals surface area contributed by atoms with E-state index in [0.717, 1.165) is 6.07 Å². The van der Waals surface area contributed by atoms with Crippen molar-refractivity contribution < 1.29 is 30.7 Å². The largest absolute Gasteiger partial charge is 0.534 e. The van der Waals surface area contributed by atoms with Gasteiger partial charge in [0.1, 0.15) is 5.15 Å². The summed E-state index contributed by atoms with van der Waals surface area (Å²) in [6.45, 7) is 1.30. The van der Waals surface area contributed by atoms with E-state index in [2.05, 4.69) is 9.17 Å². The minimum absolute atomic E-state index is 0.0742. The molecule has 0 N–H and O–H groups in total. The van der Waals surface area contributed by atoms with E-state index >= 15 is 0 Å². The molecular weight excluding hydrogens is 317 g/mol. The summed E-state index contributed by atoms with van der Waals surface area (Å²) in [4.78, 5) is 12.6. The maximum atomic E-state index is 12.1. The molecule has 0 atom stereocenters. The Morgan fingerprint density at radius 1 is 1.47 bits per heavy atom. The summed E-state index contributed by atoms with van der Waals surface area (Å²) in [5.74, 6) is -1.35. The molecule has 7 nitrogen and oxygen atoms in total. The molecule has 106 valence electrons. The van der Waals surface area contributed by atoms with Crippen molar-refractivity contribution in [3.05, 3.63) is 26.9 Å². The van der Waals surface area contributed by atoms with Crippen LogP contribution in [0.5, 0.6) is 5.88 Å². The quantitative estimate of drug-likeness (QED) is 0.278. The van der Waals surface area contributed by atoms with Crippen LogP contribution in [0.15, 0.2) is 6.07 Å². The summed E-state index contributed by atoms with van der Waals surface area (Å²) in [5.41, 5.74) is -6.71. The summed E-state index contributed by atoms with van der Waals surface area (Å²) in [7, 11) is -6.06. The van der Waals surface area contributed by atoms with E-state index in [1.165, 1.54) is 6.92 Å². The fourth-order valence-corrected chi connectivity index (χ4v) is 1.46. The van der Waals surface area contributed by atoms with Gasteiger partial charge in [0.15, 0.2) is 0 Å². The minimum Gasteiger partial charge on any atom is -0.348 e. The zero-order chi connectivity index (χ0) is 15.0. The average molecular weight is 321 g/mol. The number of hydrogen-bond donors (Lipinski definition) is 0. The lowest BCUT2D eigenvalue weighted by atomic mass is 10.3. The van der Waals surface area contributed by atoms with Gasteiger partial charge in [-0.3, -0.25) is 10.1 Å². The molecule has 0 unspecified atom stereocenters. The third-order valence-electron chi connectivity index (χ3n) is 1.77. The number of aryl methyl sites for hydroxylation is 1. The molecule has 0 aliphatic rings. The topological polar surface area (TPSA) is 99.4 Å². The van der Waals surface area contributed by atoms with Crippen LogP contribution in [0, 0.1) is 17.0 Å². The van der Waals surface area contributed by atoms with E-state index in [-0.39, 0.29) is 5.56 Å². The van der Waals surface area contributed by atoms with Crippen molar-refractivity contribution in [1.82, 2.24) is 4.98 Å². The molecule has 1 aromatic heterocycles. The highest BCUT2D eigenvalue weighted by atomic mass is 35.5. The van der Waals surface area contributed by atoms with E-state index in [1.54, 1.807) is 0 Å². The van der Waals surface area contributed by atoms with Crippen LogP contribution in [0.25, 0.3) is 0 Å². The van der Waals surface area contributed by atoms with Crippen LogP contribution in [-0.4, -0.2) is 23.8 Å². The molecular formula is C7H4ClF3N2O5S. The zero-order valence-electron chi connectivity index (χ0n) is 8.93. The van der Waals surface area contributed by atoms with Crippen molar-refractivity contribution in [3.8, 4) is 5.88 Å². The highest BCUT2D eigenvalue weighted by Crippen LogP contribution is 2.33. The molecule has 0 bridgehead atoms. The molecule has 0 aliphatic heterocycles. The number of hydrogen-bond acceptors (Lipinski definition) is 6. The molecule has 0 spiro atoms. The van der Waals surface area contributed by atoms with Crippen LogP contribution >= 0.6 is 11.6 Å². The average Bonchev–Trinajstić information content (AvgIpc) is 2.20. The van der Waals surface area contributed by atoms with E-state index in [9.17, 15) is 31.7 Å². The van der Waals surface area contributed by atoms with Gasteiger partial charge >= 0.3 is 27.2 Å². The Morgan fingerprint density at radius 2 is 2.00 bits per heavy atom. The second kappa shape index (κ2) is 4.81. The number of nitrogens with zero attached hydrogens (tertiary/aromatic N) is 2. The summed E-state index contributed by atoms with van der Waals surface area (Å²) in [6.07, 6.45) is 0. The number of alkyl halides is 3. The van der Waals surface area contributed by atoms with Crippen molar-refractivity contribution in [2.24, 2.45) is 0 Å². The Kier molecular flexibility index (Phi) is 3.91. The number of nitro groups is 1. The molecule has 1 heterocycles. The highest BCUT2D eigenvalue weighted by Gasteiger charge is 2.49. The van der Waals surface area contributed by atoms with Gasteiger partial charge in [-0.2, -0.15) is 26.6 Å². The summed E-state index contributed by atoms with van der Waals surface area (Å²) in [6, 6.07) is 0.747. The molecule has 0 radical (unpaired) electrons. The molecule has 0 aromatic carbocycles. The Hall–Kier alpha value is -1.62. The predicted molar refractivity (Wildman–Crippen MR) is 56.2 cm³/mol. The summed E-state index contributed by atoms with van der Waals surface area (Å²) >= 11 is 5.44. The summed E-state index contributed by atoms with van der Waals surface area (Å²) < 4.78 is 61.3. The van der Waals surface area contributed by atoms with Gasteiger partial charge in [-0.15, -0.1) is 0 Å². The van der Waals surface area contributed by atoms with Gasteiger partial charge in [0.2, 0.25) is 0 Å². The van der Waals surface area contributed by atoms with Crippen LogP contribution in [-0.2, 0) is 10.1 Å². The smallest absolute Gasteiger partial charge is 0.348 e. The lowest BCUT2D eigenvalue weighted by Gasteiger charge is -2.09. The minimum atomic E-state index is -6.06. The van der Waals surface area contributed by atoms with Crippen molar-refractivity contribution in [2.45, 2.75) is 12.4 Å². The third-order valence-corrected chi connectivity index (χ3v) is 3.09. The molecule has 1 aromatic rings. The molecule has 1 rings (SSSR count). The standard InChI is InChI=1S/C7H4ClF3N2O5S/c1-3-2-4(13(14)15)6(12-5(3)8)18-19(16,17)7(9,10)11/h2H,1H3. The van der Waals surface area contributed by atoms with Gasteiger partial charge in [-0.1, -0.05) is 11.6 Å². The second-order valence-corrected chi connectivity index (χ2v) is 5.06. The monoisotopic (exact) mass is 320 g/mol. The lowest BCUT2D eigenvalue weighted by Crippen LogP contribution is -2.28. The fourth-order valence-electron chi connectivity index (χ4n) is 0.904. The Labute approximate surface area is 109 Å². The maximum absolute atomic E-state index is 12.1. The Bertz CT molecular complexity index is 630. The first-order valence-electron chi connectivity index (χ1n) is 4.28. The first-order valence-corrected chi connectivity index (χ1v) is 6.06. The Morgan fingerprint density at radius 3 is 2.42 bits per heavy atom. The van der Waals surface area contributed by atoms with E-state index in [0.29, 0.717) is 0 Å². The van der Waals surface area contributed by atoms with E-state index in [4.69, 9.17) is 11.6 Å². The van der Waals surface area contributed by atoms with Gasteiger partial charge in [0.25, 0.3) is 0 Å². The maximum Gasteiger partial charge on any atom is 0.534 e. The van der Waals surface area contributed by atoms with Gasteiger partial charge < -0.3 is 4.18 Å². The zero-order valence-corrected chi connectivity index (χ0v) is 10.5. The van der Waals surface area contributed by atoms with Crippen LogP contribution in [0.3, 0.4) is 0 Å². The molecule has 0 aliphatic carbocycles. The molecule has 0 amide bonds. The van der Waals surface area contributed by atoms with Crippen molar-refractivity contribution >= 4 is 27.4 Å². The number of rotatable bonds is 3. The summed E-state index contributed by atoms with van der Waals surface area (Å²) in [5, 5.41) is 10.2. The third kappa shape index (κ3) is 3.23. The van der Waals surface area contributed by atoms with Crippen LogP contribution in [0.4, 0.5) is 18.9 Å². The van der Waals surface area contributed by atoms with Gasteiger partial charge in [-0.05, 0) is 12.5 Å². The number of halogens is 4. The van der Waals surface area contributed by atoms with Gasteiger partial charge in [-0.25, -0.2) is 0 Å². The van der Waals surface area contributed by atoms with E-state index < -0.39 is 37.3 Å². The van der Waals surface area contributed by atoms with Crippen LogP contribution in [0.1, 0.15) is 5.56 Å². The highest BCUT2D eigenvalue weighted by molar-refractivity contribution is 7.88. The SMILES string of the molecule is Cc1cc([N+](=O)[O-])c(OS(=O)(=O)C(F)(F)F)nc1Cl. The Balaban J connectivity index is 3.37. The van der Waals surface area contributed by atoms with Crippen molar-refractivity contribution in [2.75, 3.05) is 0 Å². The first-order chi connectivity index (χ1) is 8.45. The molecule has 0 saturated carbocycles. The number of aromatic nitrogens is 1. The number of pyridine rings is 1. The van der Waals surface area contributed by atoms with Gasteiger partial charge in [0, 0.05) is 6.07 Å². The van der Waals surface area contributed by atoms with Crippen molar-refractivity contribution in [1.29, 1.82) is 0 Å².